The average molecular weight is 329 g/mol. The summed E-state index contributed by atoms with van der Waals surface area (Å²) < 4.78 is 28.9. The van der Waals surface area contributed by atoms with Crippen molar-refractivity contribution < 1.29 is 22.8 Å². The lowest BCUT2D eigenvalue weighted by molar-refractivity contribution is -0.135. The minimum Gasteiger partial charge on any atom is -0.484 e. The van der Waals surface area contributed by atoms with E-state index in [0.29, 0.717) is 30.4 Å². The lowest BCUT2D eigenvalue weighted by Crippen LogP contribution is -2.33. The SMILES string of the molecule is O=C(COc1ccc(F)cc1)N(Cc1ccco1)Cc1ccco1. The normalized spacial score (nSPS) is 10.5. The van der Waals surface area contributed by atoms with Crippen molar-refractivity contribution >= 4 is 5.91 Å². The van der Waals surface area contributed by atoms with Crippen LogP contribution in [0.5, 0.6) is 5.75 Å². The maximum Gasteiger partial charge on any atom is 0.261 e. The predicted molar refractivity (Wildman–Crippen MR) is 83.6 cm³/mol. The second-order valence-corrected chi connectivity index (χ2v) is 5.15. The fourth-order valence-electron chi connectivity index (χ4n) is 2.18. The minimum absolute atomic E-state index is 0.160. The van der Waals surface area contributed by atoms with Gasteiger partial charge in [0.1, 0.15) is 23.1 Å². The number of hydrogen-bond donors (Lipinski definition) is 0. The number of ether oxygens (including phenoxy) is 1. The van der Waals surface area contributed by atoms with Crippen molar-refractivity contribution in [2.75, 3.05) is 6.61 Å². The first kappa shape index (κ1) is 15.9. The molecule has 0 saturated heterocycles. The van der Waals surface area contributed by atoms with Crippen LogP contribution in [0.15, 0.2) is 69.9 Å². The number of nitrogens with zero attached hydrogens (tertiary/aromatic N) is 1. The molecule has 2 heterocycles. The van der Waals surface area contributed by atoms with Gasteiger partial charge in [0.2, 0.25) is 0 Å². The topological polar surface area (TPSA) is 55.8 Å². The van der Waals surface area contributed by atoms with Crippen molar-refractivity contribution in [1.29, 1.82) is 0 Å². The molecule has 3 aromatic rings. The number of carbonyl (C=O) groups is 1. The van der Waals surface area contributed by atoms with Gasteiger partial charge in [-0.3, -0.25) is 4.79 Å². The number of carbonyl (C=O) groups excluding carboxylic acids is 1. The molecule has 0 bridgehead atoms. The number of rotatable bonds is 7. The smallest absolute Gasteiger partial charge is 0.261 e. The van der Waals surface area contributed by atoms with Gasteiger partial charge in [0.15, 0.2) is 6.61 Å². The van der Waals surface area contributed by atoms with Gasteiger partial charge in [0, 0.05) is 0 Å². The van der Waals surface area contributed by atoms with Gasteiger partial charge in [-0.25, -0.2) is 4.39 Å². The molecule has 0 radical (unpaired) electrons. The van der Waals surface area contributed by atoms with E-state index in [0.717, 1.165) is 0 Å². The lowest BCUT2D eigenvalue weighted by Gasteiger charge is -2.20. The Morgan fingerprint density at radius 1 is 0.958 bits per heavy atom. The Hall–Kier alpha value is -3.02. The second-order valence-electron chi connectivity index (χ2n) is 5.15. The molecule has 6 heteroatoms. The highest BCUT2D eigenvalue weighted by Crippen LogP contribution is 2.14. The van der Waals surface area contributed by atoms with Crippen LogP contribution in [0, 0.1) is 5.82 Å². The molecule has 0 spiro atoms. The molecule has 0 atom stereocenters. The monoisotopic (exact) mass is 329 g/mol. The molecule has 24 heavy (non-hydrogen) atoms. The largest absolute Gasteiger partial charge is 0.484 e. The second kappa shape index (κ2) is 7.50. The number of furan rings is 2. The summed E-state index contributed by atoms with van der Waals surface area (Å²) >= 11 is 0. The zero-order chi connectivity index (χ0) is 16.8. The van der Waals surface area contributed by atoms with Crippen LogP contribution < -0.4 is 4.74 Å². The Morgan fingerprint density at radius 3 is 2.04 bits per heavy atom. The van der Waals surface area contributed by atoms with Crippen molar-refractivity contribution in [2.45, 2.75) is 13.1 Å². The van der Waals surface area contributed by atoms with Crippen LogP contribution in [0.3, 0.4) is 0 Å². The van der Waals surface area contributed by atoms with Crippen molar-refractivity contribution in [1.82, 2.24) is 4.90 Å². The zero-order valence-electron chi connectivity index (χ0n) is 12.9. The van der Waals surface area contributed by atoms with Crippen LogP contribution in [-0.4, -0.2) is 17.4 Å². The Morgan fingerprint density at radius 2 is 1.54 bits per heavy atom. The molecule has 0 aliphatic rings. The molecule has 124 valence electrons. The van der Waals surface area contributed by atoms with Crippen LogP contribution >= 0.6 is 0 Å². The zero-order valence-corrected chi connectivity index (χ0v) is 12.9. The average Bonchev–Trinajstić information content (AvgIpc) is 3.27. The highest BCUT2D eigenvalue weighted by molar-refractivity contribution is 5.77. The molecule has 3 rings (SSSR count). The van der Waals surface area contributed by atoms with Gasteiger partial charge in [-0.15, -0.1) is 0 Å². The first-order valence-corrected chi connectivity index (χ1v) is 7.41. The molecule has 0 unspecified atom stereocenters. The van der Waals surface area contributed by atoms with Crippen LogP contribution in [0.25, 0.3) is 0 Å². The van der Waals surface area contributed by atoms with Crippen molar-refractivity contribution in [2.24, 2.45) is 0 Å². The predicted octanol–water partition coefficient (Wildman–Crippen LogP) is 3.62. The number of halogens is 1. The van der Waals surface area contributed by atoms with Crippen molar-refractivity contribution in [3.05, 3.63) is 78.4 Å². The summed E-state index contributed by atoms with van der Waals surface area (Å²) in [6, 6.07) is 12.6. The molecular weight excluding hydrogens is 313 g/mol. The van der Waals surface area contributed by atoms with Crippen LogP contribution in [-0.2, 0) is 17.9 Å². The maximum absolute atomic E-state index is 12.9. The van der Waals surface area contributed by atoms with Gasteiger partial charge >= 0.3 is 0 Å². The summed E-state index contributed by atoms with van der Waals surface area (Å²) in [6.45, 7) is 0.450. The van der Waals surface area contributed by atoms with E-state index in [1.54, 1.807) is 41.7 Å². The third-order valence-corrected chi connectivity index (χ3v) is 3.38. The Balaban J connectivity index is 1.64. The van der Waals surface area contributed by atoms with E-state index in [-0.39, 0.29) is 18.3 Å². The third-order valence-electron chi connectivity index (χ3n) is 3.38. The fraction of sp³-hybridized carbons (Fsp3) is 0.167. The molecule has 0 aliphatic carbocycles. The fourth-order valence-corrected chi connectivity index (χ4v) is 2.18. The minimum atomic E-state index is -0.356. The quantitative estimate of drug-likeness (QED) is 0.664. The molecule has 0 saturated carbocycles. The summed E-state index contributed by atoms with van der Waals surface area (Å²) in [6.07, 6.45) is 3.11. The molecule has 2 aromatic heterocycles. The van der Waals surface area contributed by atoms with E-state index in [1.165, 1.54) is 24.3 Å². The number of benzene rings is 1. The number of hydrogen-bond acceptors (Lipinski definition) is 4. The van der Waals surface area contributed by atoms with E-state index in [9.17, 15) is 9.18 Å². The van der Waals surface area contributed by atoms with E-state index < -0.39 is 0 Å². The van der Waals surface area contributed by atoms with Gasteiger partial charge in [-0.2, -0.15) is 0 Å². The Labute approximate surface area is 138 Å². The summed E-state index contributed by atoms with van der Waals surface area (Å²) in [4.78, 5) is 14.1. The van der Waals surface area contributed by atoms with Gasteiger partial charge in [-0.05, 0) is 48.5 Å². The summed E-state index contributed by atoms with van der Waals surface area (Å²) in [5.41, 5.74) is 0. The van der Waals surface area contributed by atoms with E-state index in [2.05, 4.69) is 0 Å². The first-order valence-electron chi connectivity index (χ1n) is 7.41. The van der Waals surface area contributed by atoms with E-state index >= 15 is 0 Å². The van der Waals surface area contributed by atoms with E-state index in [1.807, 2.05) is 0 Å². The highest BCUT2D eigenvalue weighted by Gasteiger charge is 2.18. The maximum atomic E-state index is 12.9. The van der Waals surface area contributed by atoms with E-state index in [4.69, 9.17) is 13.6 Å². The third kappa shape index (κ3) is 4.25. The van der Waals surface area contributed by atoms with Gasteiger partial charge in [-0.1, -0.05) is 0 Å². The molecule has 0 fully saturated rings. The molecule has 1 amide bonds. The standard InChI is InChI=1S/C18H16FNO4/c19-14-5-7-15(8-6-14)24-13-18(21)20(11-16-3-1-9-22-16)12-17-4-2-10-23-17/h1-10H,11-13H2. The number of amides is 1. The summed E-state index contributed by atoms with van der Waals surface area (Å²) in [5, 5.41) is 0. The first-order chi connectivity index (χ1) is 11.7. The van der Waals surface area contributed by atoms with Crippen LogP contribution in [0.4, 0.5) is 4.39 Å². The van der Waals surface area contributed by atoms with Crippen LogP contribution in [0.2, 0.25) is 0 Å². The van der Waals surface area contributed by atoms with Gasteiger partial charge in [0.05, 0.1) is 25.6 Å². The lowest BCUT2D eigenvalue weighted by atomic mass is 10.3. The van der Waals surface area contributed by atoms with Crippen LogP contribution in [0.1, 0.15) is 11.5 Å². The van der Waals surface area contributed by atoms with Gasteiger partial charge < -0.3 is 18.5 Å². The van der Waals surface area contributed by atoms with Crippen molar-refractivity contribution in [3.63, 3.8) is 0 Å². The molecule has 5 nitrogen and oxygen atoms in total. The molecule has 0 N–H and O–H groups in total. The highest BCUT2D eigenvalue weighted by atomic mass is 19.1. The van der Waals surface area contributed by atoms with Crippen molar-refractivity contribution in [3.8, 4) is 5.75 Å². The van der Waals surface area contributed by atoms with Gasteiger partial charge in [0.25, 0.3) is 5.91 Å². The Kier molecular flexibility index (Phi) is 4.96. The molecular formula is C18H16FNO4. The summed E-state index contributed by atoms with van der Waals surface area (Å²) in [5.74, 6) is 1.17. The Bertz CT molecular complexity index is 715. The molecule has 0 aliphatic heterocycles. The summed E-state index contributed by atoms with van der Waals surface area (Å²) in [7, 11) is 0. The molecule has 1 aromatic carbocycles.